The van der Waals surface area contributed by atoms with Gasteiger partial charge in [-0.1, -0.05) is 11.9 Å². The third kappa shape index (κ3) is 4.36. The fourth-order valence-electron chi connectivity index (χ4n) is 3.04. The summed E-state index contributed by atoms with van der Waals surface area (Å²) in [6, 6.07) is 8.35. The van der Waals surface area contributed by atoms with Gasteiger partial charge >= 0.3 is 0 Å². The van der Waals surface area contributed by atoms with E-state index in [1.807, 2.05) is 19.2 Å². The normalized spacial score (nSPS) is 11.3. The average molecular weight is 407 g/mol. The number of carbonyl (C=O) groups is 1. The Balaban J connectivity index is 1.84. The predicted molar refractivity (Wildman–Crippen MR) is 112 cm³/mol. The summed E-state index contributed by atoms with van der Waals surface area (Å²) in [7, 11) is 0. The summed E-state index contributed by atoms with van der Waals surface area (Å²) in [4.78, 5) is 14.4. The topological polar surface area (TPSA) is 43.3 Å². The molecule has 0 aliphatic carbocycles. The third-order valence-electron chi connectivity index (χ3n) is 4.30. The van der Waals surface area contributed by atoms with Gasteiger partial charge in [0.25, 0.3) is 0 Å². The van der Waals surface area contributed by atoms with Gasteiger partial charge in [0.15, 0.2) is 0 Å². The molecule has 0 unspecified atom stereocenters. The van der Waals surface area contributed by atoms with E-state index in [0.717, 1.165) is 29.7 Å². The van der Waals surface area contributed by atoms with Crippen LogP contribution in [-0.2, 0) is 6.54 Å². The van der Waals surface area contributed by atoms with Crippen LogP contribution in [-0.4, -0.2) is 29.8 Å². The number of carbonyl (C=O) groups excluding carboxylic acids is 1. The number of ether oxygens (including phenoxy) is 1. The molecule has 7 heteroatoms. The Bertz CT molecular complexity index is 949. The number of rotatable bonds is 9. The van der Waals surface area contributed by atoms with Gasteiger partial charge in [0.1, 0.15) is 16.4 Å². The number of aryl methyl sites for hydroxylation is 2. The highest BCUT2D eigenvalue weighted by Gasteiger charge is 2.19. The van der Waals surface area contributed by atoms with E-state index < -0.39 is 5.82 Å². The summed E-state index contributed by atoms with van der Waals surface area (Å²) in [6.45, 7) is 6.17. The van der Waals surface area contributed by atoms with E-state index in [1.165, 1.54) is 29.2 Å². The van der Waals surface area contributed by atoms with Crippen LogP contribution in [0.4, 0.5) is 4.39 Å². The summed E-state index contributed by atoms with van der Waals surface area (Å²) in [5, 5.41) is 1.03. The van der Waals surface area contributed by atoms with Crippen molar-refractivity contribution in [2.45, 2.75) is 26.8 Å². The number of fused-ring (bicyclic) bond motifs is 1. The molecule has 27 heavy (non-hydrogen) atoms. The van der Waals surface area contributed by atoms with Gasteiger partial charge in [-0.2, -0.15) is 0 Å². The van der Waals surface area contributed by atoms with Gasteiger partial charge in [0, 0.05) is 30.2 Å². The second-order valence-electron chi connectivity index (χ2n) is 6.16. The zero-order valence-corrected chi connectivity index (χ0v) is 17.3. The molecule has 0 aliphatic rings. The zero-order valence-electron chi connectivity index (χ0n) is 15.7. The van der Waals surface area contributed by atoms with Gasteiger partial charge in [-0.25, -0.2) is 4.39 Å². The van der Waals surface area contributed by atoms with E-state index in [0.29, 0.717) is 17.2 Å². The van der Waals surface area contributed by atoms with Crippen LogP contribution in [0.1, 0.15) is 34.3 Å². The highest BCUT2D eigenvalue weighted by Crippen LogP contribution is 2.31. The van der Waals surface area contributed by atoms with Gasteiger partial charge in [0.2, 0.25) is 5.78 Å². The number of halogens is 1. The molecule has 3 aromatic rings. The van der Waals surface area contributed by atoms with Crippen LogP contribution in [0.5, 0.6) is 5.75 Å². The molecule has 1 aromatic carbocycles. The SMILES string of the molecule is CCOc1ccc(C(=O)c2cc3cc(C)n(CCCNSC)c3s2)c(F)c1. The van der Waals surface area contributed by atoms with Gasteiger partial charge in [-0.3, -0.25) is 9.52 Å². The van der Waals surface area contributed by atoms with Crippen molar-refractivity contribution < 1.29 is 13.9 Å². The van der Waals surface area contributed by atoms with E-state index >= 15 is 0 Å². The second-order valence-corrected chi connectivity index (χ2v) is 7.89. The number of aromatic nitrogens is 1. The Labute approximate surface area is 166 Å². The largest absolute Gasteiger partial charge is 0.494 e. The van der Waals surface area contributed by atoms with Crippen LogP contribution in [0.15, 0.2) is 30.3 Å². The van der Waals surface area contributed by atoms with Gasteiger partial charge < -0.3 is 9.30 Å². The number of nitrogens with one attached hydrogen (secondary N) is 1. The van der Waals surface area contributed by atoms with Crippen molar-refractivity contribution in [3.63, 3.8) is 0 Å². The summed E-state index contributed by atoms with van der Waals surface area (Å²) in [6.07, 6.45) is 3.01. The molecule has 0 radical (unpaired) electrons. The Hall–Kier alpha value is -1.83. The Morgan fingerprint density at radius 1 is 1.33 bits per heavy atom. The molecule has 2 aromatic heterocycles. The second kappa shape index (κ2) is 8.91. The number of hydrogen-bond donors (Lipinski definition) is 1. The Morgan fingerprint density at radius 3 is 2.85 bits per heavy atom. The highest BCUT2D eigenvalue weighted by atomic mass is 32.2. The summed E-state index contributed by atoms with van der Waals surface area (Å²) < 4.78 is 25.1. The lowest BCUT2D eigenvalue weighted by Gasteiger charge is -2.07. The molecule has 2 heterocycles. The lowest BCUT2D eigenvalue weighted by Crippen LogP contribution is -2.09. The lowest BCUT2D eigenvalue weighted by atomic mass is 10.1. The van der Waals surface area contributed by atoms with Crippen molar-refractivity contribution in [2.24, 2.45) is 0 Å². The monoisotopic (exact) mass is 406 g/mol. The van der Waals surface area contributed by atoms with Gasteiger partial charge in [0.05, 0.1) is 17.0 Å². The molecule has 0 atom stereocenters. The Morgan fingerprint density at radius 2 is 2.15 bits per heavy atom. The fourth-order valence-corrected chi connectivity index (χ4v) is 4.57. The van der Waals surface area contributed by atoms with Crippen molar-refractivity contribution in [1.82, 2.24) is 9.29 Å². The maximum atomic E-state index is 14.4. The molecular formula is C20H23FN2O2S2. The zero-order chi connectivity index (χ0) is 19.4. The summed E-state index contributed by atoms with van der Waals surface area (Å²) in [5.41, 5.74) is 1.25. The Kier molecular flexibility index (Phi) is 6.57. The van der Waals surface area contributed by atoms with Crippen LogP contribution < -0.4 is 9.46 Å². The average Bonchev–Trinajstić information content (AvgIpc) is 3.16. The first-order chi connectivity index (χ1) is 13.0. The number of ketones is 1. The summed E-state index contributed by atoms with van der Waals surface area (Å²) in [5.74, 6) is -0.403. The van der Waals surface area contributed by atoms with E-state index in [-0.39, 0.29) is 11.3 Å². The molecule has 0 saturated heterocycles. The molecule has 0 amide bonds. The molecular weight excluding hydrogens is 383 g/mol. The first kappa shape index (κ1) is 19.9. The van der Waals surface area contributed by atoms with E-state index in [9.17, 15) is 9.18 Å². The predicted octanol–water partition coefficient (Wildman–Crippen LogP) is 5.04. The lowest BCUT2D eigenvalue weighted by molar-refractivity contribution is 0.103. The number of nitrogens with zero attached hydrogens (tertiary/aromatic N) is 1. The molecule has 0 saturated carbocycles. The number of thiophene rings is 1. The van der Waals surface area contributed by atoms with Crippen LogP contribution in [0.2, 0.25) is 0 Å². The minimum Gasteiger partial charge on any atom is -0.494 e. The molecule has 0 fully saturated rings. The van der Waals surface area contributed by atoms with Crippen LogP contribution in [0.3, 0.4) is 0 Å². The minimum atomic E-state index is -0.550. The van der Waals surface area contributed by atoms with E-state index in [1.54, 1.807) is 18.0 Å². The van der Waals surface area contributed by atoms with Crippen molar-refractivity contribution in [1.29, 1.82) is 0 Å². The van der Waals surface area contributed by atoms with Gasteiger partial charge in [-0.05, 0) is 50.8 Å². The van der Waals surface area contributed by atoms with Crippen molar-refractivity contribution in [3.05, 3.63) is 52.3 Å². The number of benzene rings is 1. The quantitative estimate of drug-likeness (QED) is 0.307. The van der Waals surface area contributed by atoms with E-state index in [4.69, 9.17) is 4.74 Å². The summed E-state index contributed by atoms with van der Waals surface area (Å²) >= 11 is 3.04. The van der Waals surface area contributed by atoms with E-state index in [2.05, 4.69) is 22.3 Å². The maximum Gasteiger partial charge on any atom is 0.205 e. The van der Waals surface area contributed by atoms with Crippen molar-refractivity contribution in [3.8, 4) is 5.75 Å². The van der Waals surface area contributed by atoms with Crippen molar-refractivity contribution >= 4 is 39.3 Å². The standard InChI is InChI=1S/C20H23FN2O2S2/c1-4-25-15-6-7-16(17(21)12-15)19(24)18-11-14-10-13(2)23(20(14)27-18)9-5-8-22-26-3/h6-7,10-12,22H,4-5,8-9H2,1-3H3. The third-order valence-corrected chi connectivity index (χ3v) is 5.97. The first-order valence-corrected chi connectivity index (χ1v) is 10.9. The molecule has 1 N–H and O–H groups in total. The van der Waals surface area contributed by atoms with Gasteiger partial charge in [-0.15, -0.1) is 11.3 Å². The van der Waals surface area contributed by atoms with Crippen LogP contribution in [0.25, 0.3) is 10.2 Å². The van der Waals surface area contributed by atoms with Crippen molar-refractivity contribution in [2.75, 3.05) is 19.4 Å². The molecule has 4 nitrogen and oxygen atoms in total. The van der Waals surface area contributed by atoms with Crippen LogP contribution in [0, 0.1) is 12.7 Å². The fraction of sp³-hybridized carbons (Fsp3) is 0.350. The molecule has 0 aliphatic heterocycles. The number of hydrogen-bond acceptors (Lipinski definition) is 5. The maximum absolute atomic E-state index is 14.4. The molecule has 0 bridgehead atoms. The molecule has 144 valence electrons. The first-order valence-electron chi connectivity index (χ1n) is 8.87. The minimum absolute atomic E-state index is 0.0785. The molecule has 3 rings (SSSR count). The highest BCUT2D eigenvalue weighted by molar-refractivity contribution is 7.96. The molecule has 0 spiro atoms. The van der Waals surface area contributed by atoms with Crippen LogP contribution >= 0.6 is 23.3 Å². The smallest absolute Gasteiger partial charge is 0.205 e.